The van der Waals surface area contributed by atoms with E-state index in [1.54, 1.807) is 25.1 Å². The summed E-state index contributed by atoms with van der Waals surface area (Å²) in [5.74, 6) is 0.599. The molecule has 1 unspecified atom stereocenters. The van der Waals surface area contributed by atoms with Crippen molar-refractivity contribution < 1.29 is 18.7 Å². The molecule has 0 bridgehead atoms. The minimum atomic E-state index is -1.12. The largest absolute Gasteiger partial charge is 0.411 e. The maximum absolute atomic E-state index is 14.7. The number of halogens is 1. The lowest BCUT2D eigenvalue weighted by atomic mass is 9.83. The number of hydrogen-bond acceptors (Lipinski definition) is 7. The molecule has 9 nitrogen and oxygen atoms in total. The SMILES string of the molecule is COC(c1ccccc1F)c1nc2nc(C(=N)OC(N)=O)nc(C)c2n1CC1CCC(C)CC1. The Morgan fingerprint density at radius 2 is 1.94 bits per heavy atom. The standard InChI is InChI=1S/C24H29FN6O3/c1-13-8-10-15(11-9-13)12-31-18-14(2)28-22(20(26)34-24(27)32)29-21(18)30-23(31)19(33-3)16-6-4-5-7-17(16)25/h4-7,13,15,19,26H,8-12H2,1-3H3,(H2,27,32). The van der Waals surface area contributed by atoms with Crippen LogP contribution in [0.2, 0.25) is 0 Å². The first kappa shape index (κ1) is 23.7. The van der Waals surface area contributed by atoms with Crippen LogP contribution in [0.3, 0.4) is 0 Å². The fraction of sp³-hybridized carbons (Fsp3) is 0.458. The average molecular weight is 469 g/mol. The zero-order chi connectivity index (χ0) is 24.4. The van der Waals surface area contributed by atoms with Crippen molar-refractivity contribution in [1.82, 2.24) is 19.5 Å². The summed E-state index contributed by atoms with van der Waals surface area (Å²) in [5, 5.41) is 7.94. The molecule has 10 heteroatoms. The number of benzene rings is 1. The number of carbonyl (C=O) groups excluding carboxylic acids is 1. The smallest absolute Gasteiger partial charge is 0.388 e. The highest BCUT2D eigenvalue weighted by Gasteiger charge is 2.29. The van der Waals surface area contributed by atoms with E-state index in [1.165, 1.54) is 13.2 Å². The third kappa shape index (κ3) is 4.77. The van der Waals surface area contributed by atoms with Crippen molar-refractivity contribution in [3.63, 3.8) is 0 Å². The third-order valence-corrected chi connectivity index (χ3v) is 6.45. The number of nitrogens with zero attached hydrogens (tertiary/aromatic N) is 4. The second-order valence-electron chi connectivity index (χ2n) is 8.90. The molecule has 2 heterocycles. The number of nitrogens with one attached hydrogen (secondary N) is 1. The Morgan fingerprint density at radius 1 is 1.24 bits per heavy atom. The molecule has 0 saturated heterocycles. The zero-order valence-corrected chi connectivity index (χ0v) is 19.5. The number of nitrogens with two attached hydrogens (primary N) is 1. The van der Waals surface area contributed by atoms with Crippen molar-refractivity contribution in [3.8, 4) is 0 Å². The van der Waals surface area contributed by atoms with Gasteiger partial charge in [-0.15, -0.1) is 0 Å². The molecule has 3 N–H and O–H groups in total. The van der Waals surface area contributed by atoms with Crippen LogP contribution in [0.25, 0.3) is 11.2 Å². The molecule has 4 rings (SSSR count). The predicted molar refractivity (Wildman–Crippen MR) is 124 cm³/mol. The van der Waals surface area contributed by atoms with Crippen LogP contribution in [0, 0.1) is 30.0 Å². The molecule has 1 aliphatic carbocycles. The maximum Gasteiger partial charge on any atom is 0.411 e. The van der Waals surface area contributed by atoms with Crippen LogP contribution < -0.4 is 5.73 Å². The van der Waals surface area contributed by atoms with Crippen molar-refractivity contribution in [1.29, 1.82) is 5.41 Å². The molecular formula is C24H29FN6O3. The second kappa shape index (κ2) is 9.84. The van der Waals surface area contributed by atoms with Gasteiger partial charge in [0.15, 0.2) is 5.65 Å². The van der Waals surface area contributed by atoms with Crippen LogP contribution in [0.5, 0.6) is 0 Å². The van der Waals surface area contributed by atoms with Crippen LogP contribution in [-0.2, 0) is 16.0 Å². The highest BCUT2D eigenvalue weighted by Crippen LogP contribution is 2.34. The van der Waals surface area contributed by atoms with Gasteiger partial charge in [0.2, 0.25) is 5.82 Å². The molecule has 34 heavy (non-hydrogen) atoms. The second-order valence-corrected chi connectivity index (χ2v) is 8.90. The van der Waals surface area contributed by atoms with Gasteiger partial charge < -0.3 is 19.8 Å². The molecule has 0 radical (unpaired) electrons. The van der Waals surface area contributed by atoms with Gasteiger partial charge in [-0.2, -0.15) is 0 Å². The fourth-order valence-corrected chi connectivity index (χ4v) is 4.69. The Labute approximate surface area is 197 Å². The Bertz CT molecular complexity index is 1220. The molecular weight excluding hydrogens is 439 g/mol. The van der Waals surface area contributed by atoms with E-state index in [1.807, 2.05) is 4.57 Å². The van der Waals surface area contributed by atoms with E-state index in [0.717, 1.165) is 25.7 Å². The van der Waals surface area contributed by atoms with Gasteiger partial charge in [-0.3, -0.25) is 5.41 Å². The minimum absolute atomic E-state index is 0.105. The number of imidazole rings is 1. The van der Waals surface area contributed by atoms with Crippen molar-refractivity contribution >= 4 is 23.2 Å². The summed E-state index contributed by atoms with van der Waals surface area (Å²) in [7, 11) is 1.52. The van der Waals surface area contributed by atoms with Gasteiger partial charge in [-0.05, 0) is 37.7 Å². The van der Waals surface area contributed by atoms with Gasteiger partial charge in [0.25, 0.3) is 5.90 Å². The Hall–Kier alpha value is -3.40. The summed E-state index contributed by atoms with van der Waals surface area (Å²) in [6, 6.07) is 6.45. The van der Waals surface area contributed by atoms with E-state index in [9.17, 15) is 9.18 Å². The molecule has 180 valence electrons. The van der Waals surface area contributed by atoms with Gasteiger partial charge in [-0.1, -0.05) is 38.0 Å². The maximum atomic E-state index is 14.7. The number of fused-ring (bicyclic) bond motifs is 1. The zero-order valence-electron chi connectivity index (χ0n) is 19.5. The molecule has 1 amide bonds. The average Bonchev–Trinajstić information content (AvgIpc) is 3.15. The lowest BCUT2D eigenvalue weighted by Crippen LogP contribution is -2.22. The normalized spacial score (nSPS) is 19.2. The van der Waals surface area contributed by atoms with E-state index in [0.29, 0.717) is 46.6 Å². The van der Waals surface area contributed by atoms with Crippen LogP contribution in [0.4, 0.5) is 9.18 Å². The van der Waals surface area contributed by atoms with Gasteiger partial charge >= 0.3 is 6.09 Å². The number of hydrogen-bond donors (Lipinski definition) is 2. The van der Waals surface area contributed by atoms with E-state index in [2.05, 4.69) is 21.6 Å². The molecule has 1 aliphatic rings. The molecule has 2 aromatic heterocycles. The molecule has 1 atom stereocenters. The number of aryl methyl sites for hydroxylation is 1. The van der Waals surface area contributed by atoms with Crippen LogP contribution in [0.15, 0.2) is 24.3 Å². The van der Waals surface area contributed by atoms with Crippen molar-refractivity contribution in [2.75, 3.05) is 7.11 Å². The minimum Gasteiger partial charge on any atom is -0.388 e. The van der Waals surface area contributed by atoms with Crippen molar-refractivity contribution in [2.45, 2.75) is 52.2 Å². The van der Waals surface area contributed by atoms with Crippen LogP contribution >= 0.6 is 0 Å². The number of methoxy groups -OCH3 is 1. The van der Waals surface area contributed by atoms with Gasteiger partial charge in [0.1, 0.15) is 23.3 Å². The Kier molecular flexibility index (Phi) is 6.87. The quantitative estimate of drug-likeness (QED) is 0.411. The van der Waals surface area contributed by atoms with Gasteiger partial charge in [0, 0.05) is 19.2 Å². The summed E-state index contributed by atoms with van der Waals surface area (Å²) in [5.41, 5.74) is 6.96. The molecule has 1 fully saturated rings. The van der Waals surface area contributed by atoms with E-state index >= 15 is 0 Å². The first-order valence-corrected chi connectivity index (χ1v) is 11.4. The molecule has 0 spiro atoms. The molecule has 1 saturated carbocycles. The first-order valence-electron chi connectivity index (χ1n) is 11.4. The number of carbonyl (C=O) groups is 1. The van der Waals surface area contributed by atoms with E-state index in [-0.39, 0.29) is 11.6 Å². The summed E-state index contributed by atoms with van der Waals surface area (Å²) in [4.78, 5) is 24.5. The Balaban J connectivity index is 1.85. The Morgan fingerprint density at radius 3 is 2.59 bits per heavy atom. The number of amides is 1. The summed E-state index contributed by atoms with van der Waals surface area (Å²) in [6.07, 6.45) is 2.62. The number of aromatic nitrogens is 4. The summed E-state index contributed by atoms with van der Waals surface area (Å²) >= 11 is 0. The van der Waals surface area contributed by atoms with Crippen LogP contribution in [0.1, 0.15) is 61.6 Å². The summed E-state index contributed by atoms with van der Waals surface area (Å²) < 4.78 is 27.2. The van der Waals surface area contributed by atoms with Gasteiger partial charge in [-0.25, -0.2) is 24.1 Å². The van der Waals surface area contributed by atoms with E-state index in [4.69, 9.17) is 20.9 Å². The molecule has 3 aromatic rings. The lowest BCUT2D eigenvalue weighted by molar-refractivity contribution is 0.121. The molecule has 0 aliphatic heterocycles. The highest BCUT2D eigenvalue weighted by atomic mass is 19.1. The van der Waals surface area contributed by atoms with Crippen molar-refractivity contribution in [3.05, 3.63) is 53.0 Å². The number of ether oxygens (including phenoxy) is 2. The lowest BCUT2D eigenvalue weighted by Gasteiger charge is -2.28. The fourth-order valence-electron chi connectivity index (χ4n) is 4.69. The first-order chi connectivity index (χ1) is 16.3. The highest BCUT2D eigenvalue weighted by molar-refractivity contribution is 5.96. The van der Waals surface area contributed by atoms with Crippen molar-refractivity contribution in [2.24, 2.45) is 17.6 Å². The van der Waals surface area contributed by atoms with Gasteiger partial charge in [0.05, 0.1) is 5.69 Å². The third-order valence-electron chi connectivity index (χ3n) is 6.45. The topological polar surface area (TPSA) is 129 Å². The molecule has 1 aromatic carbocycles. The monoisotopic (exact) mass is 468 g/mol. The van der Waals surface area contributed by atoms with E-state index < -0.39 is 18.1 Å². The summed E-state index contributed by atoms with van der Waals surface area (Å²) in [6.45, 7) is 4.72. The number of rotatable bonds is 6. The predicted octanol–water partition coefficient (Wildman–Crippen LogP) is 4.26. The van der Waals surface area contributed by atoms with Crippen LogP contribution in [-0.4, -0.2) is 38.6 Å². The number of primary amides is 1.